The van der Waals surface area contributed by atoms with Gasteiger partial charge < -0.3 is 13.9 Å². The summed E-state index contributed by atoms with van der Waals surface area (Å²) in [6.07, 6.45) is 1.53. The van der Waals surface area contributed by atoms with E-state index in [4.69, 9.17) is 30.5 Å². The second-order valence-corrected chi connectivity index (χ2v) is 9.13. The molecule has 0 saturated carbocycles. The van der Waals surface area contributed by atoms with Crippen molar-refractivity contribution in [3.63, 3.8) is 0 Å². The third-order valence-corrected chi connectivity index (χ3v) is 6.17. The molecule has 0 bridgehead atoms. The van der Waals surface area contributed by atoms with Crippen molar-refractivity contribution in [1.29, 1.82) is 0 Å². The molecule has 0 aliphatic carbocycles. The topological polar surface area (TPSA) is 78.9 Å². The second-order valence-electron chi connectivity index (χ2n) is 7.80. The van der Waals surface area contributed by atoms with Crippen LogP contribution in [0.1, 0.15) is 19.4 Å². The van der Waals surface area contributed by atoms with Crippen molar-refractivity contribution in [3.05, 3.63) is 86.1 Å². The summed E-state index contributed by atoms with van der Waals surface area (Å²) in [6, 6.07) is 18.1. The van der Waals surface area contributed by atoms with Gasteiger partial charge in [-0.2, -0.15) is 9.78 Å². The minimum Gasteiger partial charge on any atom is -0.490 e. The molecule has 9 heteroatoms. The third-order valence-electron chi connectivity index (χ3n) is 5.40. The number of ether oxygens (including phenoxy) is 2. The first kappa shape index (κ1) is 24.1. The highest BCUT2D eigenvalue weighted by Gasteiger charge is 2.17. The summed E-state index contributed by atoms with van der Waals surface area (Å²) < 4.78 is 19.5. The molecule has 2 heterocycles. The van der Waals surface area contributed by atoms with Crippen LogP contribution in [0.3, 0.4) is 0 Å². The second kappa shape index (κ2) is 10.2. The summed E-state index contributed by atoms with van der Waals surface area (Å²) in [4.78, 5) is 18.2. The van der Waals surface area contributed by atoms with Crippen molar-refractivity contribution < 1.29 is 13.9 Å². The Bertz CT molecular complexity index is 1680. The summed E-state index contributed by atoms with van der Waals surface area (Å²) in [5, 5.41) is 6.20. The van der Waals surface area contributed by atoms with E-state index < -0.39 is 0 Å². The number of rotatable bonds is 7. The number of hydrogen-bond donors (Lipinski definition) is 0. The first-order valence-electron chi connectivity index (χ1n) is 11.3. The fraction of sp³-hybridized carbons (Fsp3) is 0.148. The van der Waals surface area contributed by atoms with Gasteiger partial charge >= 0.3 is 0 Å². The van der Waals surface area contributed by atoms with Crippen molar-refractivity contribution in [2.45, 2.75) is 13.8 Å². The molecular formula is C27H21BrClN3O4. The Labute approximate surface area is 220 Å². The van der Waals surface area contributed by atoms with E-state index in [9.17, 15) is 4.79 Å². The summed E-state index contributed by atoms with van der Waals surface area (Å²) in [5.41, 5.74) is 1.53. The molecule has 0 saturated heterocycles. The van der Waals surface area contributed by atoms with E-state index in [1.807, 2.05) is 44.2 Å². The molecule has 0 N–H and O–H groups in total. The maximum atomic E-state index is 13.5. The molecule has 5 aromatic rings. The average Bonchev–Trinajstić information content (AvgIpc) is 3.28. The molecule has 0 aliphatic rings. The number of fused-ring (bicyclic) bond motifs is 2. The molecular weight excluding hydrogens is 546 g/mol. The minimum atomic E-state index is -0.324. The van der Waals surface area contributed by atoms with E-state index in [2.05, 4.69) is 21.0 Å². The summed E-state index contributed by atoms with van der Waals surface area (Å²) in [6.45, 7) is 4.64. The van der Waals surface area contributed by atoms with Gasteiger partial charge in [0.05, 0.1) is 35.4 Å². The quantitative estimate of drug-likeness (QED) is 0.200. The van der Waals surface area contributed by atoms with Gasteiger partial charge in [0.2, 0.25) is 5.82 Å². The fourth-order valence-corrected chi connectivity index (χ4v) is 4.50. The minimum absolute atomic E-state index is 0.282. The number of nitrogens with zero attached hydrogens (tertiary/aromatic N) is 3. The largest absolute Gasteiger partial charge is 0.490 e. The van der Waals surface area contributed by atoms with Crippen LogP contribution in [-0.4, -0.2) is 29.1 Å². The number of benzene rings is 3. The highest BCUT2D eigenvalue weighted by Crippen LogP contribution is 2.36. The zero-order valence-corrected chi connectivity index (χ0v) is 21.8. The molecule has 0 aliphatic heterocycles. The van der Waals surface area contributed by atoms with E-state index in [-0.39, 0.29) is 11.4 Å². The Hall–Kier alpha value is -3.62. The van der Waals surface area contributed by atoms with Crippen LogP contribution in [0.5, 0.6) is 11.5 Å². The highest BCUT2D eigenvalue weighted by atomic mass is 79.9. The Morgan fingerprint density at radius 2 is 1.89 bits per heavy atom. The van der Waals surface area contributed by atoms with E-state index in [0.29, 0.717) is 57.5 Å². The molecule has 0 unspecified atom stereocenters. The number of hydrogen-bond acceptors (Lipinski definition) is 6. The summed E-state index contributed by atoms with van der Waals surface area (Å²) >= 11 is 9.94. The first-order chi connectivity index (χ1) is 17.5. The summed E-state index contributed by atoms with van der Waals surface area (Å²) in [7, 11) is 0. The molecule has 7 nitrogen and oxygen atoms in total. The zero-order valence-electron chi connectivity index (χ0n) is 19.5. The lowest BCUT2D eigenvalue weighted by molar-refractivity contribution is 0.288. The third kappa shape index (κ3) is 4.62. The zero-order chi connectivity index (χ0) is 25.2. The number of halogens is 2. The molecule has 182 valence electrons. The average molecular weight is 567 g/mol. The predicted molar refractivity (Wildman–Crippen MR) is 146 cm³/mol. The van der Waals surface area contributed by atoms with Crippen molar-refractivity contribution in [2.75, 3.05) is 13.2 Å². The molecule has 0 spiro atoms. The van der Waals surface area contributed by atoms with Crippen molar-refractivity contribution >= 4 is 55.6 Å². The molecule has 2 aromatic heterocycles. The van der Waals surface area contributed by atoms with E-state index >= 15 is 0 Å². The highest BCUT2D eigenvalue weighted by molar-refractivity contribution is 9.10. The normalized spacial score (nSPS) is 11.6. The van der Waals surface area contributed by atoms with Gasteiger partial charge in [0.15, 0.2) is 17.3 Å². The van der Waals surface area contributed by atoms with Crippen LogP contribution in [0.2, 0.25) is 5.02 Å². The lowest BCUT2D eigenvalue weighted by Crippen LogP contribution is -2.20. The molecule has 0 fully saturated rings. The standard InChI is InChI=1S/C27H21BrClN3O4/c1-3-34-23-12-16(11-20(29)25(23)35-4-2)15-30-32-26(31-21-8-6-5-7-19(21)27(32)33)24-14-17-13-18(28)9-10-22(17)36-24/h5-15H,3-4H2,1-2H3. The van der Waals surface area contributed by atoms with Crippen LogP contribution in [-0.2, 0) is 0 Å². The lowest BCUT2D eigenvalue weighted by Gasteiger charge is -2.13. The Morgan fingerprint density at radius 3 is 2.69 bits per heavy atom. The number of furan rings is 1. The van der Waals surface area contributed by atoms with Crippen molar-refractivity contribution in [1.82, 2.24) is 9.66 Å². The van der Waals surface area contributed by atoms with Crippen LogP contribution in [0.4, 0.5) is 0 Å². The van der Waals surface area contributed by atoms with Gasteiger partial charge in [-0.25, -0.2) is 4.98 Å². The van der Waals surface area contributed by atoms with Gasteiger partial charge in [-0.1, -0.05) is 39.7 Å². The van der Waals surface area contributed by atoms with Gasteiger partial charge in [-0.3, -0.25) is 4.79 Å². The molecule has 3 aromatic carbocycles. The lowest BCUT2D eigenvalue weighted by atomic mass is 10.2. The Morgan fingerprint density at radius 1 is 1.08 bits per heavy atom. The van der Waals surface area contributed by atoms with Gasteiger partial charge in [-0.05, 0) is 67.9 Å². The van der Waals surface area contributed by atoms with Gasteiger partial charge in [0.25, 0.3) is 5.56 Å². The molecule has 0 atom stereocenters. The van der Waals surface area contributed by atoms with Gasteiger partial charge in [0, 0.05) is 9.86 Å². The summed E-state index contributed by atoms with van der Waals surface area (Å²) in [5.74, 6) is 1.67. The van der Waals surface area contributed by atoms with Crippen LogP contribution in [0.25, 0.3) is 33.5 Å². The monoisotopic (exact) mass is 565 g/mol. The fourth-order valence-electron chi connectivity index (χ4n) is 3.85. The maximum Gasteiger partial charge on any atom is 0.282 e. The van der Waals surface area contributed by atoms with E-state index in [1.54, 1.807) is 30.3 Å². The van der Waals surface area contributed by atoms with E-state index in [0.717, 1.165) is 9.86 Å². The SMILES string of the molecule is CCOc1cc(C=Nn2c(-c3cc4cc(Br)ccc4o3)nc3ccccc3c2=O)cc(Cl)c1OCC. The Balaban J connectivity index is 1.67. The van der Waals surface area contributed by atoms with Gasteiger partial charge in [-0.15, -0.1) is 0 Å². The van der Waals surface area contributed by atoms with Crippen LogP contribution in [0, 0.1) is 0 Å². The van der Waals surface area contributed by atoms with Gasteiger partial charge in [0.1, 0.15) is 5.58 Å². The first-order valence-corrected chi connectivity index (χ1v) is 12.5. The number of aromatic nitrogens is 2. The molecule has 36 heavy (non-hydrogen) atoms. The maximum absolute atomic E-state index is 13.5. The molecule has 0 radical (unpaired) electrons. The van der Waals surface area contributed by atoms with Crippen molar-refractivity contribution in [3.8, 4) is 23.1 Å². The van der Waals surface area contributed by atoms with E-state index in [1.165, 1.54) is 10.9 Å². The van der Waals surface area contributed by atoms with Crippen LogP contribution >= 0.6 is 27.5 Å². The molecule has 5 rings (SSSR count). The smallest absolute Gasteiger partial charge is 0.282 e. The van der Waals surface area contributed by atoms with Crippen molar-refractivity contribution in [2.24, 2.45) is 5.10 Å². The van der Waals surface area contributed by atoms with Crippen LogP contribution in [0.15, 0.2) is 79.4 Å². The predicted octanol–water partition coefficient (Wildman–Crippen LogP) is 6.91. The number of para-hydroxylation sites is 1. The Kier molecular flexibility index (Phi) is 6.80. The van der Waals surface area contributed by atoms with Crippen LogP contribution < -0.4 is 15.0 Å². The molecule has 0 amide bonds.